The highest BCUT2D eigenvalue weighted by atomic mass is 16.5. The maximum Gasteiger partial charge on any atom is 0.356 e. The molecule has 2 rings (SSSR count). The van der Waals surface area contributed by atoms with Gasteiger partial charge in [0.25, 0.3) is 0 Å². The molecule has 0 radical (unpaired) electrons. The topological polar surface area (TPSA) is 91.7 Å². The van der Waals surface area contributed by atoms with Gasteiger partial charge < -0.3 is 4.74 Å². The van der Waals surface area contributed by atoms with E-state index in [-0.39, 0.29) is 5.69 Å². The summed E-state index contributed by atoms with van der Waals surface area (Å²) in [6.07, 6.45) is 1.45. The summed E-state index contributed by atoms with van der Waals surface area (Å²) in [7, 11) is 0. The van der Waals surface area contributed by atoms with Crippen molar-refractivity contribution >= 4 is 5.97 Å². The van der Waals surface area contributed by atoms with Gasteiger partial charge >= 0.3 is 5.97 Å². The highest BCUT2D eigenvalue weighted by Crippen LogP contribution is 2.15. The molecule has 0 amide bonds. The average molecular weight is 242 g/mol. The third-order valence-corrected chi connectivity index (χ3v) is 2.23. The number of nitriles is 1. The molecule has 6 heteroatoms. The lowest BCUT2D eigenvalue weighted by atomic mass is 10.2. The zero-order valence-corrected chi connectivity index (χ0v) is 9.67. The van der Waals surface area contributed by atoms with Crippen LogP contribution in [-0.4, -0.2) is 27.8 Å². The van der Waals surface area contributed by atoms with Gasteiger partial charge in [0, 0.05) is 12.3 Å². The summed E-state index contributed by atoms with van der Waals surface area (Å²) >= 11 is 0. The van der Waals surface area contributed by atoms with E-state index in [9.17, 15) is 4.79 Å². The molecule has 0 unspecified atom stereocenters. The molecule has 1 N–H and O–H groups in total. The van der Waals surface area contributed by atoms with Crippen LogP contribution in [0.5, 0.6) is 0 Å². The van der Waals surface area contributed by atoms with Gasteiger partial charge in [-0.15, -0.1) is 0 Å². The van der Waals surface area contributed by atoms with E-state index < -0.39 is 5.97 Å². The van der Waals surface area contributed by atoms with E-state index in [0.29, 0.717) is 23.6 Å². The summed E-state index contributed by atoms with van der Waals surface area (Å²) in [6, 6.07) is 6.85. The smallest absolute Gasteiger partial charge is 0.356 e. The predicted molar refractivity (Wildman–Crippen MR) is 62.5 cm³/mol. The Hall–Kier alpha value is -2.68. The summed E-state index contributed by atoms with van der Waals surface area (Å²) in [5, 5.41) is 15.2. The van der Waals surface area contributed by atoms with Gasteiger partial charge in [-0.05, 0) is 19.1 Å². The molecule has 18 heavy (non-hydrogen) atoms. The van der Waals surface area contributed by atoms with Gasteiger partial charge in [0.15, 0.2) is 0 Å². The van der Waals surface area contributed by atoms with E-state index in [0.717, 1.165) is 0 Å². The molecule has 0 saturated carbocycles. The Morgan fingerprint density at radius 2 is 2.33 bits per heavy atom. The fourth-order valence-electron chi connectivity index (χ4n) is 1.38. The normalized spacial score (nSPS) is 9.78. The number of aromatic amines is 1. The summed E-state index contributed by atoms with van der Waals surface area (Å²) in [5.74, 6) is -0.454. The first kappa shape index (κ1) is 11.8. The molecule has 2 heterocycles. The van der Waals surface area contributed by atoms with E-state index >= 15 is 0 Å². The van der Waals surface area contributed by atoms with Crippen molar-refractivity contribution < 1.29 is 9.53 Å². The minimum Gasteiger partial charge on any atom is -0.461 e. The van der Waals surface area contributed by atoms with Crippen molar-refractivity contribution in [2.45, 2.75) is 6.92 Å². The Labute approximate surface area is 103 Å². The van der Waals surface area contributed by atoms with Crippen LogP contribution < -0.4 is 0 Å². The third kappa shape index (κ3) is 2.35. The number of ether oxygens (including phenoxy) is 1. The molecule has 0 aliphatic carbocycles. The van der Waals surface area contributed by atoms with Crippen molar-refractivity contribution in [1.82, 2.24) is 15.2 Å². The van der Waals surface area contributed by atoms with E-state index in [2.05, 4.69) is 15.2 Å². The lowest BCUT2D eigenvalue weighted by Gasteiger charge is -1.96. The Morgan fingerprint density at radius 1 is 1.50 bits per heavy atom. The summed E-state index contributed by atoms with van der Waals surface area (Å²) in [5.41, 5.74) is 1.86. The van der Waals surface area contributed by atoms with Gasteiger partial charge in [-0.3, -0.25) is 10.1 Å². The second-order valence-corrected chi connectivity index (χ2v) is 3.43. The Kier molecular flexibility index (Phi) is 3.34. The van der Waals surface area contributed by atoms with Crippen LogP contribution in [0.1, 0.15) is 23.0 Å². The summed E-state index contributed by atoms with van der Waals surface area (Å²) < 4.78 is 4.84. The first-order valence-corrected chi connectivity index (χ1v) is 5.33. The van der Waals surface area contributed by atoms with Crippen LogP contribution in [0.4, 0.5) is 0 Å². The van der Waals surface area contributed by atoms with Crippen molar-refractivity contribution in [3.63, 3.8) is 0 Å². The molecular weight excluding hydrogens is 232 g/mol. The van der Waals surface area contributed by atoms with Gasteiger partial charge in [0.05, 0.1) is 17.9 Å². The van der Waals surface area contributed by atoms with Crippen molar-refractivity contribution in [3.8, 4) is 17.5 Å². The van der Waals surface area contributed by atoms with Gasteiger partial charge in [-0.2, -0.15) is 10.4 Å². The number of pyridine rings is 1. The lowest BCUT2D eigenvalue weighted by molar-refractivity contribution is 0.0519. The predicted octanol–water partition coefficient (Wildman–Crippen LogP) is 1.52. The second kappa shape index (κ2) is 5.10. The summed E-state index contributed by atoms with van der Waals surface area (Å²) in [4.78, 5) is 15.5. The number of esters is 1. The fourth-order valence-corrected chi connectivity index (χ4v) is 1.38. The fraction of sp³-hybridized carbons (Fsp3) is 0.167. The molecule has 6 nitrogen and oxygen atoms in total. The maximum atomic E-state index is 11.4. The van der Waals surface area contributed by atoms with Gasteiger partial charge in [0.2, 0.25) is 0 Å². The molecule has 90 valence electrons. The van der Waals surface area contributed by atoms with Crippen LogP contribution in [0.3, 0.4) is 0 Å². The molecule has 0 aliphatic heterocycles. The van der Waals surface area contributed by atoms with Crippen LogP contribution in [0, 0.1) is 11.3 Å². The van der Waals surface area contributed by atoms with Gasteiger partial charge in [-0.1, -0.05) is 0 Å². The first-order chi connectivity index (χ1) is 8.74. The minimum absolute atomic E-state index is 0.276. The standard InChI is InChI=1S/C12H10N4O2/c1-2-18-12(17)11-5-10(15-16-11)9-4-3-8(6-13)7-14-9/h3-5,7H,2H2,1H3,(H,15,16). The highest BCUT2D eigenvalue weighted by molar-refractivity contribution is 5.88. The molecule has 0 bridgehead atoms. The Bertz CT molecular complexity index is 595. The Morgan fingerprint density at radius 3 is 2.94 bits per heavy atom. The van der Waals surface area contributed by atoms with Crippen molar-refractivity contribution in [2.24, 2.45) is 0 Å². The number of nitrogens with zero attached hydrogens (tertiary/aromatic N) is 3. The minimum atomic E-state index is -0.454. The Balaban J connectivity index is 2.24. The number of hydrogen-bond acceptors (Lipinski definition) is 5. The SMILES string of the molecule is CCOC(=O)c1cc(-c2ccc(C#N)cn2)n[nH]1. The number of H-pyrrole nitrogens is 1. The molecule has 0 aromatic carbocycles. The number of nitrogens with one attached hydrogen (secondary N) is 1. The van der Waals surface area contributed by atoms with Crippen molar-refractivity contribution in [3.05, 3.63) is 35.7 Å². The number of rotatable bonds is 3. The monoisotopic (exact) mass is 242 g/mol. The molecule has 2 aromatic rings. The number of hydrogen-bond donors (Lipinski definition) is 1. The first-order valence-electron chi connectivity index (χ1n) is 5.33. The number of aromatic nitrogens is 3. The van der Waals surface area contributed by atoms with Crippen LogP contribution >= 0.6 is 0 Å². The number of carbonyl (C=O) groups excluding carboxylic acids is 1. The zero-order valence-electron chi connectivity index (χ0n) is 9.67. The molecule has 0 spiro atoms. The number of carbonyl (C=O) groups is 1. The summed E-state index contributed by atoms with van der Waals surface area (Å²) in [6.45, 7) is 2.04. The highest BCUT2D eigenvalue weighted by Gasteiger charge is 2.12. The third-order valence-electron chi connectivity index (χ3n) is 2.23. The lowest BCUT2D eigenvalue weighted by Crippen LogP contribution is -2.04. The zero-order chi connectivity index (χ0) is 13.0. The van der Waals surface area contributed by atoms with Crippen LogP contribution in [0.15, 0.2) is 24.4 Å². The van der Waals surface area contributed by atoms with Crippen LogP contribution in [-0.2, 0) is 4.74 Å². The van der Waals surface area contributed by atoms with Crippen molar-refractivity contribution in [1.29, 1.82) is 5.26 Å². The molecule has 0 aliphatic rings. The molecule has 0 atom stereocenters. The van der Waals surface area contributed by atoms with Gasteiger partial charge in [0.1, 0.15) is 17.5 Å². The van der Waals surface area contributed by atoms with E-state index in [1.807, 2.05) is 6.07 Å². The van der Waals surface area contributed by atoms with E-state index in [1.54, 1.807) is 25.1 Å². The van der Waals surface area contributed by atoms with Crippen molar-refractivity contribution in [2.75, 3.05) is 6.61 Å². The molecular formula is C12H10N4O2. The largest absolute Gasteiger partial charge is 0.461 e. The van der Waals surface area contributed by atoms with Gasteiger partial charge in [-0.25, -0.2) is 4.79 Å². The van der Waals surface area contributed by atoms with Crippen LogP contribution in [0.25, 0.3) is 11.4 Å². The maximum absolute atomic E-state index is 11.4. The quantitative estimate of drug-likeness (QED) is 0.824. The molecule has 0 saturated heterocycles. The molecule has 0 fully saturated rings. The second-order valence-electron chi connectivity index (χ2n) is 3.43. The molecule has 2 aromatic heterocycles. The van der Waals surface area contributed by atoms with E-state index in [1.165, 1.54) is 6.20 Å². The average Bonchev–Trinajstić information content (AvgIpc) is 2.89. The van der Waals surface area contributed by atoms with Crippen LogP contribution in [0.2, 0.25) is 0 Å². The van der Waals surface area contributed by atoms with E-state index in [4.69, 9.17) is 10.00 Å².